The predicted molar refractivity (Wildman–Crippen MR) is 69.6 cm³/mol. The van der Waals surface area contributed by atoms with Crippen molar-refractivity contribution in [2.24, 2.45) is 11.8 Å². The van der Waals surface area contributed by atoms with Crippen LogP contribution in [0.25, 0.3) is 0 Å². The highest BCUT2D eigenvalue weighted by atomic mass is 15.2. The molecule has 0 aromatic rings. The Morgan fingerprint density at radius 2 is 1.81 bits per heavy atom. The van der Waals surface area contributed by atoms with E-state index >= 15 is 0 Å². The lowest BCUT2D eigenvalue weighted by molar-refractivity contribution is 0.0849. The molecule has 2 rings (SSSR count). The van der Waals surface area contributed by atoms with Crippen molar-refractivity contribution in [1.82, 2.24) is 10.2 Å². The Bertz CT molecular complexity index is 207. The van der Waals surface area contributed by atoms with Crippen molar-refractivity contribution in [2.75, 3.05) is 19.6 Å². The van der Waals surface area contributed by atoms with Crippen LogP contribution in [0.15, 0.2) is 0 Å². The van der Waals surface area contributed by atoms with Gasteiger partial charge in [0, 0.05) is 25.2 Å². The van der Waals surface area contributed by atoms with E-state index in [-0.39, 0.29) is 0 Å². The van der Waals surface area contributed by atoms with E-state index in [9.17, 15) is 0 Å². The van der Waals surface area contributed by atoms with Crippen molar-refractivity contribution in [3.8, 4) is 0 Å². The molecule has 2 aliphatic rings. The first-order valence-electron chi connectivity index (χ1n) is 7.18. The van der Waals surface area contributed by atoms with E-state index in [1.165, 1.54) is 38.8 Å². The zero-order valence-electron chi connectivity index (χ0n) is 11.2. The second-order valence-electron chi connectivity index (χ2n) is 6.06. The fourth-order valence-electron chi connectivity index (χ4n) is 3.86. The van der Waals surface area contributed by atoms with Gasteiger partial charge in [-0.2, -0.15) is 0 Å². The molecule has 4 unspecified atom stereocenters. The third-order valence-electron chi connectivity index (χ3n) is 4.31. The number of nitrogens with one attached hydrogen (secondary N) is 1. The minimum absolute atomic E-state index is 0.766. The summed E-state index contributed by atoms with van der Waals surface area (Å²) < 4.78 is 0. The Hall–Kier alpha value is -0.0800. The van der Waals surface area contributed by atoms with E-state index in [1.807, 2.05) is 0 Å². The average Bonchev–Trinajstić information content (AvgIpc) is 2.65. The second kappa shape index (κ2) is 5.50. The highest BCUT2D eigenvalue weighted by molar-refractivity contribution is 4.92. The van der Waals surface area contributed by atoms with Crippen LogP contribution < -0.4 is 5.32 Å². The van der Waals surface area contributed by atoms with Crippen molar-refractivity contribution < 1.29 is 0 Å². The molecular formula is C14H28N2. The first-order chi connectivity index (χ1) is 7.70. The van der Waals surface area contributed by atoms with Gasteiger partial charge in [0.2, 0.25) is 0 Å². The maximum absolute atomic E-state index is 3.68. The SMILES string of the molecule is CCNC1CCCC1N1CC(C)CC(C)C1. The summed E-state index contributed by atoms with van der Waals surface area (Å²) >= 11 is 0. The molecule has 0 spiro atoms. The molecule has 2 fully saturated rings. The van der Waals surface area contributed by atoms with E-state index in [0.29, 0.717) is 0 Å². The second-order valence-corrected chi connectivity index (χ2v) is 6.06. The summed E-state index contributed by atoms with van der Waals surface area (Å²) in [4.78, 5) is 2.78. The molecule has 0 aromatic heterocycles. The Morgan fingerprint density at radius 1 is 1.12 bits per heavy atom. The molecule has 16 heavy (non-hydrogen) atoms. The minimum Gasteiger partial charge on any atom is -0.313 e. The van der Waals surface area contributed by atoms with Gasteiger partial charge in [-0.1, -0.05) is 27.2 Å². The summed E-state index contributed by atoms with van der Waals surface area (Å²) in [6.07, 6.45) is 5.64. The summed E-state index contributed by atoms with van der Waals surface area (Å²) in [5.41, 5.74) is 0. The fraction of sp³-hybridized carbons (Fsp3) is 1.00. The molecule has 94 valence electrons. The Kier molecular flexibility index (Phi) is 4.26. The molecule has 0 amide bonds. The largest absolute Gasteiger partial charge is 0.313 e. The molecule has 1 saturated heterocycles. The Morgan fingerprint density at radius 3 is 2.44 bits per heavy atom. The molecule has 2 heteroatoms. The zero-order chi connectivity index (χ0) is 11.5. The molecule has 1 heterocycles. The van der Waals surface area contributed by atoms with Gasteiger partial charge in [-0.25, -0.2) is 0 Å². The van der Waals surface area contributed by atoms with Crippen LogP contribution in [0.2, 0.25) is 0 Å². The van der Waals surface area contributed by atoms with Crippen LogP contribution in [0.4, 0.5) is 0 Å². The first kappa shape index (κ1) is 12.4. The van der Waals surface area contributed by atoms with Gasteiger partial charge in [-0.3, -0.25) is 4.90 Å². The lowest BCUT2D eigenvalue weighted by Crippen LogP contribution is -2.51. The fourth-order valence-corrected chi connectivity index (χ4v) is 3.86. The number of rotatable bonds is 3. The molecule has 1 saturated carbocycles. The number of likely N-dealkylation sites (tertiary alicyclic amines) is 1. The van der Waals surface area contributed by atoms with Gasteiger partial charge in [-0.15, -0.1) is 0 Å². The molecule has 1 aliphatic carbocycles. The van der Waals surface area contributed by atoms with E-state index < -0.39 is 0 Å². The van der Waals surface area contributed by atoms with Crippen LogP contribution in [-0.4, -0.2) is 36.6 Å². The highest BCUT2D eigenvalue weighted by Gasteiger charge is 2.34. The third kappa shape index (κ3) is 2.78. The van der Waals surface area contributed by atoms with Crippen molar-refractivity contribution >= 4 is 0 Å². The molecular weight excluding hydrogens is 196 g/mol. The van der Waals surface area contributed by atoms with Gasteiger partial charge in [0.25, 0.3) is 0 Å². The normalized spacial score (nSPS) is 41.4. The van der Waals surface area contributed by atoms with Crippen LogP contribution >= 0.6 is 0 Å². The number of likely N-dealkylation sites (N-methyl/N-ethyl adjacent to an activating group) is 1. The average molecular weight is 224 g/mol. The zero-order valence-corrected chi connectivity index (χ0v) is 11.2. The van der Waals surface area contributed by atoms with E-state index in [4.69, 9.17) is 0 Å². The van der Waals surface area contributed by atoms with E-state index in [0.717, 1.165) is 30.5 Å². The van der Waals surface area contributed by atoms with Crippen LogP contribution in [0, 0.1) is 11.8 Å². The predicted octanol–water partition coefficient (Wildman–Crippen LogP) is 2.49. The smallest absolute Gasteiger partial charge is 0.0249 e. The summed E-state index contributed by atoms with van der Waals surface area (Å²) in [5.74, 6) is 1.79. The van der Waals surface area contributed by atoms with Crippen molar-refractivity contribution in [1.29, 1.82) is 0 Å². The highest BCUT2D eigenvalue weighted by Crippen LogP contribution is 2.30. The summed E-state index contributed by atoms with van der Waals surface area (Å²) in [6, 6.07) is 1.59. The molecule has 0 radical (unpaired) electrons. The maximum atomic E-state index is 3.68. The molecule has 1 aliphatic heterocycles. The summed E-state index contributed by atoms with van der Waals surface area (Å²) in [6.45, 7) is 10.9. The van der Waals surface area contributed by atoms with Crippen molar-refractivity contribution in [3.05, 3.63) is 0 Å². The molecule has 4 atom stereocenters. The van der Waals surface area contributed by atoms with Crippen molar-refractivity contribution in [3.63, 3.8) is 0 Å². The monoisotopic (exact) mass is 224 g/mol. The molecule has 0 aromatic carbocycles. The quantitative estimate of drug-likeness (QED) is 0.792. The molecule has 0 bridgehead atoms. The number of hydrogen-bond acceptors (Lipinski definition) is 2. The minimum atomic E-state index is 0.766. The molecule has 1 N–H and O–H groups in total. The maximum Gasteiger partial charge on any atom is 0.0249 e. The van der Waals surface area contributed by atoms with Crippen LogP contribution in [0.5, 0.6) is 0 Å². The Balaban J connectivity index is 1.94. The van der Waals surface area contributed by atoms with Gasteiger partial charge in [0.1, 0.15) is 0 Å². The van der Waals surface area contributed by atoms with Crippen LogP contribution in [-0.2, 0) is 0 Å². The lowest BCUT2D eigenvalue weighted by atomic mass is 9.90. The van der Waals surface area contributed by atoms with E-state index in [2.05, 4.69) is 31.0 Å². The number of piperidine rings is 1. The van der Waals surface area contributed by atoms with Gasteiger partial charge in [0.05, 0.1) is 0 Å². The first-order valence-corrected chi connectivity index (χ1v) is 7.18. The van der Waals surface area contributed by atoms with Gasteiger partial charge in [-0.05, 0) is 37.6 Å². The summed E-state index contributed by atoms with van der Waals surface area (Å²) in [7, 11) is 0. The third-order valence-corrected chi connectivity index (χ3v) is 4.31. The van der Waals surface area contributed by atoms with E-state index in [1.54, 1.807) is 0 Å². The lowest BCUT2D eigenvalue weighted by Gasteiger charge is -2.41. The molecule has 2 nitrogen and oxygen atoms in total. The van der Waals surface area contributed by atoms with Crippen LogP contribution in [0.1, 0.15) is 46.5 Å². The van der Waals surface area contributed by atoms with Gasteiger partial charge >= 0.3 is 0 Å². The number of nitrogens with zero attached hydrogens (tertiary/aromatic N) is 1. The standard InChI is InChI=1S/C14H28N2/c1-4-15-13-6-5-7-14(13)16-9-11(2)8-12(3)10-16/h11-15H,4-10H2,1-3H3. The number of hydrogen-bond donors (Lipinski definition) is 1. The summed E-state index contributed by atoms with van der Waals surface area (Å²) in [5, 5.41) is 3.68. The van der Waals surface area contributed by atoms with Gasteiger partial charge < -0.3 is 5.32 Å². The van der Waals surface area contributed by atoms with Crippen LogP contribution in [0.3, 0.4) is 0 Å². The van der Waals surface area contributed by atoms with Crippen molar-refractivity contribution in [2.45, 2.75) is 58.5 Å². The topological polar surface area (TPSA) is 15.3 Å². The Labute approximate surface area is 101 Å². The van der Waals surface area contributed by atoms with Gasteiger partial charge in [0.15, 0.2) is 0 Å².